The molecule has 3 rings (SSSR count). The number of anilines is 1. The summed E-state index contributed by atoms with van der Waals surface area (Å²) in [6, 6.07) is 8.06. The Bertz CT molecular complexity index is 504. The molecule has 0 unspecified atom stereocenters. The highest BCUT2D eigenvalue weighted by molar-refractivity contribution is 5.48. The molecule has 0 spiro atoms. The van der Waals surface area contributed by atoms with E-state index in [-0.39, 0.29) is 6.61 Å². The third kappa shape index (κ3) is 1.91. The van der Waals surface area contributed by atoms with Crippen molar-refractivity contribution in [1.82, 2.24) is 9.55 Å². The average molecular weight is 229 g/mol. The van der Waals surface area contributed by atoms with Crippen molar-refractivity contribution in [2.45, 2.75) is 19.7 Å². The predicted octanol–water partition coefficient (Wildman–Crippen LogP) is 1.40. The molecule has 4 heteroatoms. The molecule has 0 radical (unpaired) electrons. The predicted molar refractivity (Wildman–Crippen MR) is 65.6 cm³/mol. The largest absolute Gasteiger partial charge is 0.392 e. The van der Waals surface area contributed by atoms with Crippen LogP contribution in [0, 0.1) is 0 Å². The maximum absolute atomic E-state index is 9.01. The normalized spacial score (nSPS) is 14.8. The van der Waals surface area contributed by atoms with Crippen molar-refractivity contribution >= 4 is 5.69 Å². The molecular weight excluding hydrogens is 214 g/mol. The van der Waals surface area contributed by atoms with E-state index in [2.05, 4.69) is 26.6 Å². The molecule has 88 valence electrons. The minimum Gasteiger partial charge on any atom is -0.392 e. The Morgan fingerprint density at radius 1 is 1.18 bits per heavy atom. The van der Waals surface area contributed by atoms with Crippen LogP contribution in [-0.4, -0.2) is 21.2 Å². The van der Waals surface area contributed by atoms with E-state index in [0.717, 1.165) is 31.0 Å². The first-order chi connectivity index (χ1) is 8.36. The number of fused-ring (bicyclic) bond motifs is 1. The van der Waals surface area contributed by atoms with Gasteiger partial charge in [-0.2, -0.15) is 0 Å². The second-order valence-corrected chi connectivity index (χ2v) is 4.28. The summed E-state index contributed by atoms with van der Waals surface area (Å²) in [7, 11) is 0. The van der Waals surface area contributed by atoms with Gasteiger partial charge in [0.2, 0.25) is 0 Å². The van der Waals surface area contributed by atoms with Crippen LogP contribution >= 0.6 is 0 Å². The SMILES string of the molecule is OCc1ccc(N2CCn3ccnc3C2)cc1. The fraction of sp³-hybridized carbons (Fsp3) is 0.308. The van der Waals surface area contributed by atoms with Gasteiger partial charge in [-0.05, 0) is 17.7 Å². The molecule has 0 amide bonds. The fourth-order valence-electron chi connectivity index (χ4n) is 2.21. The van der Waals surface area contributed by atoms with Gasteiger partial charge in [0.25, 0.3) is 0 Å². The molecule has 0 saturated heterocycles. The molecule has 0 atom stereocenters. The molecule has 1 aliphatic heterocycles. The number of nitrogens with zero attached hydrogens (tertiary/aromatic N) is 3. The molecule has 2 aromatic rings. The van der Waals surface area contributed by atoms with E-state index < -0.39 is 0 Å². The summed E-state index contributed by atoms with van der Waals surface area (Å²) in [5.41, 5.74) is 2.14. The fourth-order valence-corrected chi connectivity index (χ4v) is 2.21. The lowest BCUT2D eigenvalue weighted by Crippen LogP contribution is -2.33. The number of aliphatic hydroxyl groups is 1. The number of aromatic nitrogens is 2. The summed E-state index contributed by atoms with van der Waals surface area (Å²) in [6.45, 7) is 2.94. The van der Waals surface area contributed by atoms with Crippen molar-refractivity contribution in [2.75, 3.05) is 11.4 Å². The molecular formula is C13H15N3O. The van der Waals surface area contributed by atoms with Crippen LogP contribution in [0.1, 0.15) is 11.4 Å². The molecule has 1 aromatic carbocycles. The van der Waals surface area contributed by atoms with Crippen LogP contribution in [0.25, 0.3) is 0 Å². The third-order valence-electron chi connectivity index (χ3n) is 3.23. The highest BCUT2D eigenvalue weighted by Gasteiger charge is 2.16. The van der Waals surface area contributed by atoms with Gasteiger partial charge in [-0.1, -0.05) is 12.1 Å². The minimum absolute atomic E-state index is 0.102. The second kappa shape index (κ2) is 4.22. The Balaban J connectivity index is 1.81. The van der Waals surface area contributed by atoms with E-state index >= 15 is 0 Å². The van der Waals surface area contributed by atoms with Gasteiger partial charge in [-0.15, -0.1) is 0 Å². The Labute approximate surface area is 100 Å². The average Bonchev–Trinajstić information content (AvgIpc) is 2.86. The van der Waals surface area contributed by atoms with Gasteiger partial charge in [0.1, 0.15) is 5.82 Å². The van der Waals surface area contributed by atoms with Gasteiger partial charge >= 0.3 is 0 Å². The highest BCUT2D eigenvalue weighted by Crippen LogP contribution is 2.20. The lowest BCUT2D eigenvalue weighted by Gasteiger charge is -2.29. The van der Waals surface area contributed by atoms with Gasteiger partial charge < -0.3 is 14.6 Å². The number of benzene rings is 1. The van der Waals surface area contributed by atoms with Crippen molar-refractivity contribution in [1.29, 1.82) is 0 Å². The molecule has 0 bridgehead atoms. The van der Waals surface area contributed by atoms with Crippen LogP contribution in [0.2, 0.25) is 0 Å². The van der Waals surface area contributed by atoms with Crippen molar-refractivity contribution < 1.29 is 5.11 Å². The van der Waals surface area contributed by atoms with Crippen molar-refractivity contribution in [3.05, 3.63) is 48.0 Å². The van der Waals surface area contributed by atoms with Gasteiger partial charge in [-0.25, -0.2) is 4.98 Å². The van der Waals surface area contributed by atoms with E-state index in [1.54, 1.807) is 0 Å². The maximum Gasteiger partial charge on any atom is 0.128 e. The Kier molecular flexibility index (Phi) is 2.57. The van der Waals surface area contributed by atoms with Crippen molar-refractivity contribution in [2.24, 2.45) is 0 Å². The van der Waals surface area contributed by atoms with E-state index in [4.69, 9.17) is 5.11 Å². The lowest BCUT2D eigenvalue weighted by atomic mass is 10.2. The van der Waals surface area contributed by atoms with E-state index in [9.17, 15) is 0 Å². The van der Waals surface area contributed by atoms with E-state index in [1.807, 2.05) is 24.5 Å². The number of aliphatic hydroxyl groups excluding tert-OH is 1. The summed E-state index contributed by atoms with van der Waals surface area (Å²) in [5.74, 6) is 1.11. The first-order valence-electron chi connectivity index (χ1n) is 5.81. The van der Waals surface area contributed by atoms with Crippen LogP contribution in [0.3, 0.4) is 0 Å². The highest BCUT2D eigenvalue weighted by atomic mass is 16.3. The van der Waals surface area contributed by atoms with Crippen LogP contribution in [0.15, 0.2) is 36.7 Å². The van der Waals surface area contributed by atoms with Crippen molar-refractivity contribution in [3.8, 4) is 0 Å². The molecule has 4 nitrogen and oxygen atoms in total. The number of hydrogen-bond donors (Lipinski definition) is 1. The molecule has 0 fully saturated rings. The zero-order chi connectivity index (χ0) is 11.7. The van der Waals surface area contributed by atoms with Gasteiger partial charge in [-0.3, -0.25) is 0 Å². The Morgan fingerprint density at radius 3 is 2.76 bits per heavy atom. The minimum atomic E-state index is 0.102. The first kappa shape index (κ1) is 10.4. The Morgan fingerprint density at radius 2 is 2.00 bits per heavy atom. The van der Waals surface area contributed by atoms with Crippen molar-refractivity contribution in [3.63, 3.8) is 0 Å². The Hall–Kier alpha value is -1.81. The molecule has 17 heavy (non-hydrogen) atoms. The lowest BCUT2D eigenvalue weighted by molar-refractivity contribution is 0.282. The van der Waals surface area contributed by atoms with Gasteiger partial charge in [0.15, 0.2) is 0 Å². The maximum atomic E-state index is 9.01. The van der Waals surface area contributed by atoms with Gasteiger partial charge in [0.05, 0.1) is 13.2 Å². The standard InChI is InChI=1S/C13H15N3O/c17-10-11-1-3-12(4-2-11)16-8-7-15-6-5-14-13(15)9-16/h1-6,17H,7-10H2. The summed E-state index contributed by atoms with van der Waals surface area (Å²) < 4.78 is 2.19. The molecule has 1 aromatic heterocycles. The molecule has 2 heterocycles. The van der Waals surface area contributed by atoms with Crippen LogP contribution in [-0.2, 0) is 19.7 Å². The van der Waals surface area contributed by atoms with Gasteiger partial charge in [0, 0.05) is 31.2 Å². The second-order valence-electron chi connectivity index (χ2n) is 4.28. The topological polar surface area (TPSA) is 41.3 Å². The third-order valence-corrected chi connectivity index (χ3v) is 3.23. The summed E-state index contributed by atoms with van der Waals surface area (Å²) >= 11 is 0. The zero-order valence-electron chi connectivity index (χ0n) is 9.58. The zero-order valence-corrected chi connectivity index (χ0v) is 9.58. The van der Waals surface area contributed by atoms with E-state index in [1.165, 1.54) is 5.69 Å². The van der Waals surface area contributed by atoms with Crippen LogP contribution < -0.4 is 4.90 Å². The smallest absolute Gasteiger partial charge is 0.128 e. The number of rotatable bonds is 2. The summed E-state index contributed by atoms with van der Waals surface area (Å²) in [5, 5.41) is 9.01. The first-order valence-corrected chi connectivity index (χ1v) is 5.81. The number of hydrogen-bond acceptors (Lipinski definition) is 3. The molecule has 1 N–H and O–H groups in total. The summed E-state index contributed by atoms with van der Waals surface area (Å²) in [4.78, 5) is 6.66. The van der Waals surface area contributed by atoms with Crippen LogP contribution in [0.5, 0.6) is 0 Å². The summed E-state index contributed by atoms with van der Waals surface area (Å²) in [6.07, 6.45) is 3.88. The molecule has 0 saturated carbocycles. The quantitative estimate of drug-likeness (QED) is 0.846. The monoisotopic (exact) mass is 229 g/mol. The molecule has 0 aliphatic carbocycles. The van der Waals surface area contributed by atoms with Crippen LogP contribution in [0.4, 0.5) is 5.69 Å². The van der Waals surface area contributed by atoms with E-state index in [0.29, 0.717) is 0 Å². The molecule has 1 aliphatic rings. The number of imidazole rings is 1.